The summed E-state index contributed by atoms with van der Waals surface area (Å²) in [6, 6.07) is 11.9. The predicted molar refractivity (Wildman–Crippen MR) is 118 cm³/mol. The standard InChI is InChI=1S/C22H19F3N6O3/c23-22(24,25)14-6-4-13(5-7-14)17(32)11-27-18-8-9-26-20(30-18)29-15-2-1-3-16(10-15)31-19(33)12-28-21(31)34/h1-10,17,32H,11-12H2,(H,28,34)(H2,26,27,29,30). The van der Waals surface area contributed by atoms with Gasteiger partial charge in [0.15, 0.2) is 0 Å². The van der Waals surface area contributed by atoms with Crippen LogP contribution in [0.4, 0.5) is 41.1 Å². The Morgan fingerprint density at radius 3 is 2.56 bits per heavy atom. The molecular formula is C22H19F3N6O3. The van der Waals surface area contributed by atoms with Crippen molar-refractivity contribution in [2.24, 2.45) is 0 Å². The maximum absolute atomic E-state index is 12.7. The van der Waals surface area contributed by atoms with E-state index in [0.29, 0.717) is 22.8 Å². The Morgan fingerprint density at radius 1 is 1.12 bits per heavy atom. The normalized spacial score (nSPS) is 14.6. The van der Waals surface area contributed by atoms with Crippen molar-refractivity contribution in [2.45, 2.75) is 12.3 Å². The molecule has 2 aromatic carbocycles. The number of carbonyl (C=O) groups excluding carboxylic acids is 2. The zero-order chi connectivity index (χ0) is 24.3. The monoisotopic (exact) mass is 472 g/mol. The van der Waals surface area contributed by atoms with E-state index in [9.17, 15) is 27.9 Å². The zero-order valence-electron chi connectivity index (χ0n) is 17.5. The fraction of sp³-hybridized carbons (Fsp3) is 0.182. The highest BCUT2D eigenvalue weighted by atomic mass is 19.4. The summed E-state index contributed by atoms with van der Waals surface area (Å²) in [5.74, 6) is 0.216. The SMILES string of the molecule is O=C1CNC(=O)N1c1cccc(Nc2nccc(NCC(O)c3ccc(C(F)(F)F)cc3)n2)c1. The van der Waals surface area contributed by atoms with Crippen molar-refractivity contribution in [1.29, 1.82) is 0 Å². The van der Waals surface area contributed by atoms with E-state index in [1.165, 1.54) is 18.3 Å². The fourth-order valence-electron chi connectivity index (χ4n) is 3.27. The van der Waals surface area contributed by atoms with E-state index in [0.717, 1.165) is 17.0 Å². The van der Waals surface area contributed by atoms with Crippen LogP contribution in [0.2, 0.25) is 0 Å². The average molecular weight is 472 g/mol. The first-order valence-electron chi connectivity index (χ1n) is 10.1. The smallest absolute Gasteiger partial charge is 0.387 e. The quantitative estimate of drug-likeness (QED) is 0.389. The number of hydrogen-bond acceptors (Lipinski definition) is 7. The van der Waals surface area contributed by atoms with Crippen LogP contribution in [0.25, 0.3) is 0 Å². The van der Waals surface area contributed by atoms with Crippen LogP contribution in [0.3, 0.4) is 0 Å². The second-order valence-corrected chi connectivity index (χ2v) is 7.35. The summed E-state index contributed by atoms with van der Waals surface area (Å²) < 4.78 is 38.1. The van der Waals surface area contributed by atoms with E-state index in [4.69, 9.17) is 0 Å². The second kappa shape index (κ2) is 9.35. The molecule has 176 valence electrons. The third kappa shape index (κ3) is 5.23. The molecule has 3 amide bonds. The van der Waals surface area contributed by atoms with Crippen molar-refractivity contribution < 1.29 is 27.9 Å². The van der Waals surface area contributed by atoms with Gasteiger partial charge in [-0.05, 0) is 42.0 Å². The van der Waals surface area contributed by atoms with Gasteiger partial charge in [-0.2, -0.15) is 18.2 Å². The molecular weight excluding hydrogens is 453 g/mol. The van der Waals surface area contributed by atoms with E-state index >= 15 is 0 Å². The number of nitrogens with one attached hydrogen (secondary N) is 3. The predicted octanol–water partition coefficient (Wildman–Crippen LogP) is 3.44. The average Bonchev–Trinajstić information content (AvgIpc) is 3.15. The number of carbonyl (C=O) groups is 2. The van der Waals surface area contributed by atoms with Crippen LogP contribution in [0, 0.1) is 0 Å². The number of alkyl halides is 3. The van der Waals surface area contributed by atoms with E-state index in [1.807, 2.05) is 0 Å². The van der Waals surface area contributed by atoms with Crippen LogP contribution in [0.15, 0.2) is 60.8 Å². The first kappa shape index (κ1) is 23.0. The highest BCUT2D eigenvalue weighted by Gasteiger charge is 2.31. The van der Waals surface area contributed by atoms with Crippen LogP contribution in [-0.2, 0) is 11.0 Å². The molecule has 1 unspecified atom stereocenters. The highest BCUT2D eigenvalue weighted by Crippen LogP contribution is 2.30. The number of imide groups is 1. The number of aliphatic hydroxyl groups excluding tert-OH is 1. The van der Waals surface area contributed by atoms with Crippen LogP contribution < -0.4 is 20.9 Å². The lowest BCUT2D eigenvalue weighted by atomic mass is 10.1. The Hall–Kier alpha value is -4.19. The number of hydrogen-bond donors (Lipinski definition) is 4. The molecule has 9 nitrogen and oxygen atoms in total. The molecule has 0 radical (unpaired) electrons. The van der Waals surface area contributed by atoms with Gasteiger partial charge in [-0.15, -0.1) is 0 Å². The van der Waals surface area contributed by atoms with Crippen molar-refractivity contribution in [3.8, 4) is 0 Å². The third-order valence-electron chi connectivity index (χ3n) is 4.96. The van der Waals surface area contributed by atoms with Crippen LogP contribution in [-0.4, -0.2) is 40.1 Å². The van der Waals surface area contributed by atoms with E-state index < -0.39 is 23.9 Å². The van der Waals surface area contributed by atoms with Gasteiger partial charge in [0.1, 0.15) is 5.82 Å². The number of aromatic nitrogens is 2. The number of nitrogens with zero attached hydrogens (tertiary/aromatic N) is 3. The molecule has 12 heteroatoms. The third-order valence-corrected chi connectivity index (χ3v) is 4.96. The summed E-state index contributed by atoms with van der Waals surface area (Å²) in [6.07, 6.45) is -4.03. The molecule has 4 N–H and O–H groups in total. The Labute approximate surface area is 191 Å². The molecule has 1 fully saturated rings. The molecule has 3 aromatic rings. The topological polar surface area (TPSA) is 119 Å². The summed E-state index contributed by atoms with van der Waals surface area (Å²) in [4.78, 5) is 33.2. The molecule has 1 aromatic heterocycles. The van der Waals surface area contributed by atoms with Crippen molar-refractivity contribution in [2.75, 3.05) is 28.6 Å². The molecule has 4 rings (SSSR count). The summed E-state index contributed by atoms with van der Waals surface area (Å²) >= 11 is 0. The number of aliphatic hydroxyl groups is 1. The maximum atomic E-state index is 12.7. The lowest BCUT2D eigenvalue weighted by molar-refractivity contribution is -0.137. The van der Waals surface area contributed by atoms with Gasteiger partial charge in [0.05, 0.1) is 23.9 Å². The molecule has 0 saturated carbocycles. The van der Waals surface area contributed by atoms with Gasteiger partial charge in [0.25, 0.3) is 5.91 Å². The van der Waals surface area contributed by atoms with Crippen molar-refractivity contribution in [3.63, 3.8) is 0 Å². The van der Waals surface area contributed by atoms with Gasteiger partial charge >= 0.3 is 12.2 Å². The minimum Gasteiger partial charge on any atom is -0.387 e. The van der Waals surface area contributed by atoms with Crippen LogP contribution in [0.1, 0.15) is 17.2 Å². The number of anilines is 4. The van der Waals surface area contributed by atoms with E-state index in [2.05, 4.69) is 25.9 Å². The Kier molecular flexibility index (Phi) is 6.32. The summed E-state index contributed by atoms with van der Waals surface area (Å²) in [6.45, 7) is -0.0604. The first-order chi connectivity index (χ1) is 16.2. The maximum Gasteiger partial charge on any atom is 0.416 e. The first-order valence-corrected chi connectivity index (χ1v) is 10.1. The fourth-order valence-corrected chi connectivity index (χ4v) is 3.27. The Morgan fingerprint density at radius 2 is 1.88 bits per heavy atom. The molecule has 0 aliphatic carbocycles. The molecule has 1 aliphatic heterocycles. The zero-order valence-corrected chi connectivity index (χ0v) is 17.5. The number of urea groups is 1. The van der Waals surface area contributed by atoms with Gasteiger partial charge in [0.2, 0.25) is 5.95 Å². The minimum absolute atomic E-state index is 0.00346. The number of rotatable bonds is 7. The minimum atomic E-state index is -4.44. The molecule has 2 heterocycles. The van der Waals surface area contributed by atoms with Gasteiger partial charge in [-0.25, -0.2) is 14.7 Å². The Balaban J connectivity index is 1.39. The van der Waals surface area contributed by atoms with Gasteiger partial charge in [0, 0.05) is 18.4 Å². The second-order valence-electron chi connectivity index (χ2n) is 7.35. The lowest BCUT2D eigenvalue weighted by Gasteiger charge is -2.15. The van der Waals surface area contributed by atoms with Crippen molar-refractivity contribution in [3.05, 3.63) is 71.9 Å². The van der Waals surface area contributed by atoms with E-state index in [-0.39, 0.29) is 24.9 Å². The molecule has 1 aliphatic rings. The molecule has 34 heavy (non-hydrogen) atoms. The molecule has 0 bridgehead atoms. The largest absolute Gasteiger partial charge is 0.416 e. The number of amides is 3. The highest BCUT2D eigenvalue weighted by molar-refractivity contribution is 6.19. The van der Waals surface area contributed by atoms with Crippen molar-refractivity contribution in [1.82, 2.24) is 15.3 Å². The van der Waals surface area contributed by atoms with Gasteiger partial charge in [-0.1, -0.05) is 18.2 Å². The van der Waals surface area contributed by atoms with Crippen LogP contribution >= 0.6 is 0 Å². The molecule has 0 spiro atoms. The summed E-state index contributed by atoms with van der Waals surface area (Å²) in [7, 11) is 0. The van der Waals surface area contributed by atoms with Gasteiger partial charge in [-0.3, -0.25) is 4.79 Å². The summed E-state index contributed by atoms with van der Waals surface area (Å²) in [5, 5.41) is 18.6. The van der Waals surface area contributed by atoms with Crippen LogP contribution in [0.5, 0.6) is 0 Å². The van der Waals surface area contributed by atoms with E-state index in [1.54, 1.807) is 30.3 Å². The number of halogens is 3. The molecule has 1 atom stereocenters. The molecule has 1 saturated heterocycles. The Bertz CT molecular complexity index is 1190. The van der Waals surface area contributed by atoms with Gasteiger partial charge < -0.3 is 21.1 Å². The summed E-state index contributed by atoms with van der Waals surface area (Å²) in [5.41, 5.74) is 0.456. The lowest BCUT2D eigenvalue weighted by Crippen LogP contribution is -2.30. The van der Waals surface area contributed by atoms with Crippen molar-refractivity contribution >= 4 is 35.1 Å². The number of benzene rings is 2.